The molecule has 1 aliphatic heterocycles. The largest absolute Gasteiger partial charge is 0.480 e. The van der Waals surface area contributed by atoms with E-state index in [1.807, 2.05) is 0 Å². The Morgan fingerprint density at radius 3 is 3.00 bits per heavy atom. The van der Waals surface area contributed by atoms with Gasteiger partial charge in [0.05, 0.1) is 11.9 Å². The molecule has 0 radical (unpaired) electrons. The SMILES string of the molecule is C[C@]1(C(=O)O)C(=O)Nc2cnccc21. The second-order valence-corrected chi connectivity index (χ2v) is 3.31. The van der Waals surface area contributed by atoms with Crippen LogP contribution >= 0.6 is 0 Å². The van der Waals surface area contributed by atoms with Crippen molar-refractivity contribution in [3.63, 3.8) is 0 Å². The first-order valence-electron chi connectivity index (χ1n) is 4.06. The van der Waals surface area contributed by atoms with Crippen molar-refractivity contribution >= 4 is 17.6 Å². The zero-order valence-electron chi connectivity index (χ0n) is 7.44. The molecule has 1 aromatic heterocycles. The van der Waals surface area contributed by atoms with Crippen molar-refractivity contribution in [2.45, 2.75) is 12.3 Å². The summed E-state index contributed by atoms with van der Waals surface area (Å²) in [5.41, 5.74) is -0.550. The van der Waals surface area contributed by atoms with E-state index in [9.17, 15) is 9.59 Å². The number of anilines is 1. The number of amides is 1. The molecule has 0 aromatic carbocycles. The number of nitrogens with one attached hydrogen (secondary N) is 1. The number of nitrogens with zero attached hydrogens (tertiary/aromatic N) is 1. The summed E-state index contributed by atoms with van der Waals surface area (Å²) in [7, 11) is 0. The van der Waals surface area contributed by atoms with Crippen LogP contribution in [0.5, 0.6) is 0 Å². The molecular formula is C9H8N2O3. The Hall–Kier alpha value is -1.91. The van der Waals surface area contributed by atoms with Gasteiger partial charge >= 0.3 is 5.97 Å². The second-order valence-electron chi connectivity index (χ2n) is 3.31. The van der Waals surface area contributed by atoms with E-state index in [4.69, 9.17) is 5.11 Å². The van der Waals surface area contributed by atoms with Crippen LogP contribution in [0.3, 0.4) is 0 Å². The number of hydrogen-bond donors (Lipinski definition) is 2. The summed E-state index contributed by atoms with van der Waals surface area (Å²) in [6.45, 7) is 1.39. The molecule has 0 aliphatic carbocycles. The lowest BCUT2D eigenvalue weighted by Gasteiger charge is -2.15. The van der Waals surface area contributed by atoms with Gasteiger partial charge in [0.15, 0.2) is 5.41 Å². The predicted molar refractivity (Wildman–Crippen MR) is 47.9 cm³/mol. The summed E-state index contributed by atoms with van der Waals surface area (Å²) in [4.78, 5) is 26.3. The number of aromatic nitrogens is 1. The van der Waals surface area contributed by atoms with Gasteiger partial charge in [0.2, 0.25) is 5.91 Å². The third-order valence-electron chi connectivity index (χ3n) is 2.49. The van der Waals surface area contributed by atoms with Gasteiger partial charge in [-0.15, -0.1) is 0 Å². The number of pyridine rings is 1. The van der Waals surface area contributed by atoms with Crippen molar-refractivity contribution in [1.29, 1.82) is 0 Å². The number of aliphatic carboxylic acids is 1. The van der Waals surface area contributed by atoms with E-state index in [1.54, 1.807) is 6.07 Å². The van der Waals surface area contributed by atoms with E-state index in [2.05, 4.69) is 10.3 Å². The highest BCUT2D eigenvalue weighted by molar-refractivity contribution is 6.18. The van der Waals surface area contributed by atoms with Gasteiger partial charge in [0, 0.05) is 11.8 Å². The van der Waals surface area contributed by atoms with E-state index in [1.165, 1.54) is 19.3 Å². The molecule has 0 saturated heterocycles. The number of carbonyl (C=O) groups excluding carboxylic acids is 1. The smallest absolute Gasteiger partial charge is 0.323 e. The van der Waals surface area contributed by atoms with E-state index in [-0.39, 0.29) is 0 Å². The summed E-state index contributed by atoms with van der Waals surface area (Å²) in [5.74, 6) is -1.67. The van der Waals surface area contributed by atoms with E-state index in [0.717, 1.165) is 0 Å². The Morgan fingerprint density at radius 1 is 1.64 bits per heavy atom. The summed E-state index contributed by atoms with van der Waals surface area (Å²) < 4.78 is 0. The Balaban J connectivity index is 2.66. The number of fused-ring (bicyclic) bond motifs is 1. The normalized spacial score (nSPS) is 24.2. The lowest BCUT2D eigenvalue weighted by molar-refractivity contribution is -0.146. The maximum absolute atomic E-state index is 11.5. The van der Waals surface area contributed by atoms with Crippen molar-refractivity contribution in [3.8, 4) is 0 Å². The average Bonchev–Trinajstić information content (AvgIpc) is 2.41. The van der Waals surface area contributed by atoms with Crippen LogP contribution < -0.4 is 5.32 Å². The zero-order chi connectivity index (χ0) is 10.3. The molecule has 0 spiro atoms. The van der Waals surface area contributed by atoms with Crippen molar-refractivity contribution < 1.29 is 14.7 Å². The zero-order valence-corrected chi connectivity index (χ0v) is 7.44. The third kappa shape index (κ3) is 0.863. The Kier molecular flexibility index (Phi) is 1.57. The monoisotopic (exact) mass is 192 g/mol. The summed E-state index contributed by atoms with van der Waals surface area (Å²) in [6, 6.07) is 1.54. The lowest BCUT2D eigenvalue weighted by Crippen LogP contribution is -2.39. The number of hydrogen-bond acceptors (Lipinski definition) is 3. The third-order valence-corrected chi connectivity index (χ3v) is 2.49. The topological polar surface area (TPSA) is 79.3 Å². The number of rotatable bonds is 1. The minimum Gasteiger partial charge on any atom is -0.480 e. The second kappa shape index (κ2) is 2.54. The van der Waals surface area contributed by atoms with E-state index < -0.39 is 17.3 Å². The fraction of sp³-hybridized carbons (Fsp3) is 0.222. The number of carboxylic acid groups (broad SMARTS) is 1. The van der Waals surface area contributed by atoms with Gasteiger partial charge in [-0.1, -0.05) is 0 Å². The van der Waals surface area contributed by atoms with Gasteiger partial charge in [-0.05, 0) is 13.0 Å². The highest BCUT2D eigenvalue weighted by atomic mass is 16.4. The predicted octanol–water partition coefficient (Wildman–Crippen LogP) is 0.376. The maximum atomic E-state index is 11.5. The first kappa shape index (κ1) is 8.68. The van der Waals surface area contributed by atoms with Crippen LogP contribution in [-0.4, -0.2) is 22.0 Å². The minimum absolute atomic E-state index is 0.463. The van der Waals surface area contributed by atoms with Gasteiger partial charge < -0.3 is 10.4 Å². The van der Waals surface area contributed by atoms with Crippen LogP contribution in [0.25, 0.3) is 0 Å². The highest BCUT2D eigenvalue weighted by Gasteiger charge is 2.49. The van der Waals surface area contributed by atoms with Gasteiger partial charge in [0.1, 0.15) is 0 Å². The highest BCUT2D eigenvalue weighted by Crippen LogP contribution is 2.36. The molecule has 5 nitrogen and oxygen atoms in total. The Morgan fingerprint density at radius 2 is 2.36 bits per heavy atom. The van der Waals surface area contributed by atoms with Crippen molar-refractivity contribution in [2.75, 3.05) is 5.32 Å². The molecule has 1 aromatic rings. The van der Waals surface area contributed by atoms with Crippen LogP contribution in [0.4, 0.5) is 5.69 Å². The molecule has 0 fully saturated rings. The van der Waals surface area contributed by atoms with Crippen LogP contribution in [0, 0.1) is 0 Å². The van der Waals surface area contributed by atoms with Gasteiger partial charge in [0.25, 0.3) is 0 Å². The molecule has 72 valence electrons. The molecule has 1 aliphatic rings. The molecule has 2 N–H and O–H groups in total. The Bertz CT molecular complexity index is 430. The standard InChI is InChI=1S/C9H8N2O3/c1-9(8(13)14)5-2-3-10-4-6(5)11-7(9)12/h2-4H,1H3,(H,11,12)(H,13,14)/t9-/m1/s1. The molecule has 14 heavy (non-hydrogen) atoms. The fourth-order valence-electron chi connectivity index (χ4n) is 1.51. The van der Waals surface area contributed by atoms with Gasteiger partial charge in [-0.3, -0.25) is 14.6 Å². The molecular weight excluding hydrogens is 184 g/mol. The minimum atomic E-state index is -1.49. The van der Waals surface area contributed by atoms with Gasteiger partial charge in [-0.25, -0.2) is 0 Å². The molecule has 0 unspecified atom stereocenters. The quantitative estimate of drug-likeness (QED) is 0.630. The number of carboxylic acids is 1. The molecule has 2 heterocycles. The van der Waals surface area contributed by atoms with Crippen molar-refractivity contribution in [3.05, 3.63) is 24.0 Å². The number of carbonyl (C=O) groups is 2. The average molecular weight is 192 g/mol. The van der Waals surface area contributed by atoms with Crippen LogP contribution in [0.2, 0.25) is 0 Å². The van der Waals surface area contributed by atoms with Crippen LogP contribution in [-0.2, 0) is 15.0 Å². The van der Waals surface area contributed by atoms with Crippen LogP contribution in [0.15, 0.2) is 18.5 Å². The van der Waals surface area contributed by atoms with E-state index >= 15 is 0 Å². The molecule has 1 atom stereocenters. The molecule has 1 amide bonds. The molecule has 2 rings (SSSR count). The molecule has 0 saturated carbocycles. The first-order valence-corrected chi connectivity index (χ1v) is 4.06. The summed E-state index contributed by atoms with van der Waals surface area (Å²) in [6.07, 6.45) is 2.92. The molecule has 0 bridgehead atoms. The maximum Gasteiger partial charge on any atom is 0.323 e. The van der Waals surface area contributed by atoms with Crippen molar-refractivity contribution in [1.82, 2.24) is 4.98 Å². The van der Waals surface area contributed by atoms with Gasteiger partial charge in [-0.2, -0.15) is 0 Å². The Labute approximate surface area is 79.8 Å². The van der Waals surface area contributed by atoms with Crippen LogP contribution in [0.1, 0.15) is 12.5 Å². The molecule has 5 heteroatoms. The summed E-state index contributed by atoms with van der Waals surface area (Å²) >= 11 is 0. The van der Waals surface area contributed by atoms with Crippen molar-refractivity contribution in [2.24, 2.45) is 0 Å². The lowest BCUT2D eigenvalue weighted by atomic mass is 9.84. The first-order chi connectivity index (χ1) is 6.56. The fourth-order valence-corrected chi connectivity index (χ4v) is 1.51. The summed E-state index contributed by atoms with van der Waals surface area (Å²) in [5, 5.41) is 11.5. The van der Waals surface area contributed by atoms with E-state index in [0.29, 0.717) is 11.3 Å².